The lowest BCUT2D eigenvalue weighted by Crippen LogP contribution is -2.13. The molecule has 1 aromatic rings. The number of rotatable bonds is 2. The summed E-state index contributed by atoms with van der Waals surface area (Å²) in [5, 5.41) is 3.24. The number of aryl methyl sites for hydroxylation is 1. The lowest BCUT2D eigenvalue weighted by atomic mass is 10.0. The maximum atomic E-state index is 12.5. The van der Waals surface area contributed by atoms with Crippen molar-refractivity contribution in [2.75, 3.05) is 13.1 Å². The summed E-state index contributed by atoms with van der Waals surface area (Å²) in [6.45, 7) is 3.34. The van der Waals surface area contributed by atoms with E-state index in [1.165, 1.54) is 13.0 Å². The van der Waals surface area contributed by atoms with Crippen LogP contribution in [0, 0.1) is 12.8 Å². The Morgan fingerprint density at radius 1 is 1.41 bits per heavy atom. The van der Waals surface area contributed by atoms with Gasteiger partial charge in [-0.3, -0.25) is 4.98 Å². The fourth-order valence-corrected chi connectivity index (χ4v) is 2.21. The van der Waals surface area contributed by atoms with Crippen LogP contribution in [0.4, 0.5) is 13.2 Å². The van der Waals surface area contributed by atoms with Crippen LogP contribution in [-0.4, -0.2) is 18.1 Å². The molecule has 17 heavy (non-hydrogen) atoms. The number of alkyl halides is 3. The van der Waals surface area contributed by atoms with E-state index in [0.29, 0.717) is 5.92 Å². The number of halogens is 3. The first-order valence-electron chi connectivity index (χ1n) is 5.71. The van der Waals surface area contributed by atoms with Crippen molar-refractivity contribution in [2.24, 2.45) is 5.92 Å². The van der Waals surface area contributed by atoms with Gasteiger partial charge in [0.05, 0.1) is 5.56 Å². The largest absolute Gasteiger partial charge is 0.418 e. The normalized spacial score (nSPS) is 20.8. The van der Waals surface area contributed by atoms with E-state index in [4.69, 9.17) is 0 Å². The highest BCUT2D eigenvalue weighted by molar-refractivity contribution is 5.25. The molecule has 5 heteroatoms. The van der Waals surface area contributed by atoms with Crippen LogP contribution in [-0.2, 0) is 12.6 Å². The molecule has 0 amide bonds. The second-order valence-corrected chi connectivity index (χ2v) is 4.50. The maximum Gasteiger partial charge on any atom is 0.418 e. The van der Waals surface area contributed by atoms with Gasteiger partial charge in [-0.25, -0.2) is 0 Å². The maximum absolute atomic E-state index is 12.5. The zero-order valence-corrected chi connectivity index (χ0v) is 9.64. The average Bonchev–Trinajstić information content (AvgIpc) is 2.68. The van der Waals surface area contributed by atoms with Crippen molar-refractivity contribution in [1.82, 2.24) is 10.3 Å². The molecule has 2 rings (SSSR count). The van der Waals surface area contributed by atoms with Crippen molar-refractivity contribution in [2.45, 2.75) is 25.9 Å². The molecule has 0 aromatic carbocycles. The fraction of sp³-hybridized carbons (Fsp3) is 0.583. The van der Waals surface area contributed by atoms with Crippen LogP contribution in [0.3, 0.4) is 0 Å². The molecule has 1 aromatic heterocycles. The van der Waals surface area contributed by atoms with E-state index >= 15 is 0 Å². The van der Waals surface area contributed by atoms with Gasteiger partial charge >= 0.3 is 6.18 Å². The molecule has 0 saturated carbocycles. The Kier molecular flexibility index (Phi) is 3.38. The minimum absolute atomic E-state index is 0.0703. The van der Waals surface area contributed by atoms with Gasteiger partial charge in [0.15, 0.2) is 0 Å². The van der Waals surface area contributed by atoms with E-state index in [1.54, 1.807) is 0 Å². The number of pyridine rings is 1. The van der Waals surface area contributed by atoms with Gasteiger partial charge in [0, 0.05) is 11.4 Å². The van der Waals surface area contributed by atoms with Gasteiger partial charge in [0.1, 0.15) is 0 Å². The summed E-state index contributed by atoms with van der Waals surface area (Å²) in [6.07, 6.45) is -2.47. The van der Waals surface area contributed by atoms with Gasteiger partial charge in [-0.05, 0) is 50.9 Å². The van der Waals surface area contributed by atoms with E-state index < -0.39 is 11.7 Å². The Bertz CT molecular complexity index is 395. The predicted octanol–water partition coefficient (Wildman–Crippen LogP) is 2.56. The van der Waals surface area contributed by atoms with Gasteiger partial charge in [-0.15, -0.1) is 0 Å². The Labute approximate surface area is 98.2 Å². The number of hydrogen-bond donors (Lipinski definition) is 1. The van der Waals surface area contributed by atoms with E-state index in [2.05, 4.69) is 10.3 Å². The molecule has 0 bridgehead atoms. The summed E-state index contributed by atoms with van der Waals surface area (Å²) < 4.78 is 37.6. The first-order valence-corrected chi connectivity index (χ1v) is 5.71. The smallest absolute Gasteiger partial charge is 0.316 e. The van der Waals surface area contributed by atoms with Gasteiger partial charge in [0.2, 0.25) is 0 Å². The van der Waals surface area contributed by atoms with Crippen LogP contribution >= 0.6 is 0 Å². The highest BCUT2D eigenvalue weighted by Gasteiger charge is 2.33. The number of aromatic nitrogens is 1. The van der Waals surface area contributed by atoms with Crippen molar-refractivity contribution in [3.05, 3.63) is 29.1 Å². The molecule has 1 saturated heterocycles. The molecule has 1 aliphatic heterocycles. The fourth-order valence-electron chi connectivity index (χ4n) is 2.21. The third-order valence-electron chi connectivity index (χ3n) is 3.11. The van der Waals surface area contributed by atoms with Gasteiger partial charge in [-0.2, -0.15) is 13.2 Å². The van der Waals surface area contributed by atoms with E-state index in [0.717, 1.165) is 37.7 Å². The lowest BCUT2D eigenvalue weighted by molar-refractivity contribution is -0.138. The average molecular weight is 244 g/mol. The standard InChI is InChI=1S/C12H15F3N2/c1-8-11(12(13,14)15)3-2-10(17-8)6-9-4-5-16-7-9/h2-3,9,16H,4-7H2,1H3. The molecule has 2 heterocycles. The Hall–Kier alpha value is -1.10. The van der Waals surface area contributed by atoms with Crippen LogP contribution in [0.25, 0.3) is 0 Å². The van der Waals surface area contributed by atoms with Crippen LogP contribution in [0.15, 0.2) is 12.1 Å². The summed E-state index contributed by atoms with van der Waals surface area (Å²) in [4.78, 5) is 4.06. The highest BCUT2D eigenvalue weighted by atomic mass is 19.4. The summed E-state index contributed by atoms with van der Waals surface area (Å²) in [5.74, 6) is 0.499. The van der Waals surface area contributed by atoms with Crippen LogP contribution in [0.2, 0.25) is 0 Å². The molecule has 0 radical (unpaired) electrons. The zero-order valence-electron chi connectivity index (χ0n) is 9.64. The quantitative estimate of drug-likeness (QED) is 0.864. The first-order chi connectivity index (χ1) is 7.97. The summed E-state index contributed by atoms with van der Waals surface area (Å²) in [6, 6.07) is 2.63. The lowest BCUT2D eigenvalue weighted by Gasteiger charge is -2.12. The van der Waals surface area contributed by atoms with Crippen molar-refractivity contribution >= 4 is 0 Å². The molecule has 2 nitrogen and oxygen atoms in total. The highest BCUT2D eigenvalue weighted by Crippen LogP contribution is 2.31. The Morgan fingerprint density at radius 3 is 2.71 bits per heavy atom. The van der Waals surface area contributed by atoms with E-state index in [-0.39, 0.29) is 5.69 Å². The number of nitrogens with one attached hydrogen (secondary N) is 1. The van der Waals surface area contributed by atoms with Crippen LogP contribution in [0.1, 0.15) is 23.4 Å². The molecule has 94 valence electrons. The number of hydrogen-bond acceptors (Lipinski definition) is 2. The summed E-state index contributed by atoms with van der Waals surface area (Å²) in [7, 11) is 0. The molecule has 1 N–H and O–H groups in total. The second kappa shape index (κ2) is 4.64. The van der Waals surface area contributed by atoms with Crippen molar-refractivity contribution in [3.8, 4) is 0 Å². The Balaban J connectivity index is 2.13. The first kappa shape index (κ1) is 12.4. The molecule has 0 spiro atoms. The molecular weight excluding hydrogens is 229 g/mol. The van der Waals surface area contributed by atoms with E-state index in [9.17, 15) is 13.2 Å². The molecule has 1 unspecified atom stereocenters. The predicted molar refractivity (Wildman–Crippen MR) is 58.7 cm³/mol. The zero-order chi connectivity index (χ0) is 12.5. The molecule has 1 atom stereocenters. The van der Waals surface area contributed by atoms with Gasteiger partial charge in [0.25, 0.3) is 0 Å². The van der Waals surface area contributed by atoms with Gasteiger partial charge < -0.3 is 5.32 Å². The monoisotopic (exact) mass is 244 g/mol. The van der Waals surface area contributed by atoms with Crippen molar-refractivity contribution in [1.29, 1.82) is 0 Å². The van der Waals surface area contributed by atoms with E-state index in [1.807, 2.05) is 0 Å². The summed E-state index contributed by atoms with van der Waals surface area (Å²) >= 11 is 0. The molecule has 0 aliphatic carbocycles. The third kappa shape index (κ3) is 2.97. The minimum atomic E-state index is -4.30. The second-order valence-electron chi connectivity index (χ2n) is 4.50. The van der Waals surface area contributed by atoms with Crippen molar-refractivity contribution in [3.63, 3.8) is 0 Å². The molecule has 1 aliphatic rings. The Morgan fingerprint density at radius 2 is 2.18 bits per heavy atom. The molecule has 1 fully saturated rings. The molecular formula is C12H15F3N2. The van der Waals surface area contributed by atoms with Crippen molar-refractivity contribution < 1.29 is 13.2 Å². The summed E-state index contributed by atoms with van der Waals surface area (Å²) in [5.41, 5.74) is 0.191. The van der Waals surface area contributed by atoms with Gasteiger partial charge in [-0.1, -0.05) is 0 Å². The SMILES string of the molecule is Cc1nc(CC2CCNC2)ccc1C(F)(F)F. The third-order valence-corrected chi connectivity index (χ3v) is 3.11. The minimum Gasteiger partial charge on any atom is -0.316 e. The topological polar surface area (TPSA) is 24.9 Å². The number of nitrogens with zero attached hydrogens (tertiary/aromatic N) is 1. The van der Waals surface area contributed by atoms with Crippen LogP contribution in [0.5, 0.6) is 0 Å². The van der Waals surface area contributed by atoms with Crippen LogP contribution < -0.4 is 5.32 Å².